The molecular weight excluding hydrogens is 352 g/mol. The second-order valence-electron chi connectivity index (χ2n) is 5.50. The largest absolute Gasteiger partial charge is 0.464 e. The molecule has 0 radical (unpaired) electrons. The Morgan fingerprint density at radius 1 is 1.32 bits per heavy atom. The fraction of sp³-hybridized carbons (Fsp3) is 0.467. The van der Waals surface area contributed by atoms with E-state index in [0.29, 0.717) is 10.7 Å². The number of carbonyl (C=O) groups is 2. The molecule has 1 fully saturated rings. The predicted octanol–water partition coefficient (Wildman–Crippen LogP) is 1.47. The Labute approximate surface area is 144 Å². The molecule has 0 bridgehead atoms. The van der Waals surface area contributed by atoms with Gasteiger partial charge in [0.25, 0.3) is 15.7 Å². The van der Waals surface area contributed by atoms with Gasteiger partial charge in [0, 0.05) is 18.1 Å². The van der Waals surface area contributed by atoms with E-state index in [1.165, 1.54) is 0 Å². The molecular formula is C15H18N2O7S. The summed E-state index contributed by atoms with van der Waals surface area (Å²) in [6.07, 6.45) is 0.446. The van der Waals surface area contributed by atoms with Gasteiger partial charge in [-0.05, 0) is 31.9 Å². The number of carbonyl (C=O) groups excluding carboxylic acids is 2. The second-order valence-corrected chi connectivity index (χ2v) is 7.31. The van der Waals surface area contributed by atoms with E-state index in [1.54, 1.807) is 13.8 Å². The summed E-state index contributed by atoms with van der Waals surface area (Å²) in [5, 5.41) is 10.7. The highest BCUT2D eigenvalue weighted by molar-refractivity contribution is 7.89. The Hall–Kier alpha value is -2.49. The number of hydrogen-bond acceptors (Lipinski definition) is 7. The van der Waals surface area contributed by atoms with Gasteiger partial charge in [-0.2, -0.15) is 0 Å². The third-order valence-corrected chi connectivity index (χ3v) is 5.83. The fourth-order valence-corrected chi connectivity index (χ4v) is 4.31. The van der Waals surface area contributed by atoms with Gasteiger partial charge >= 0.3 is 5.97 Å². The summed E-state index contributed by atoms with van der Waals surface area (Å²) in [6.45, 7) is 3.37. The second kappa shape index (κ2) is 7.18. The van der Waals surface area contributed by atoms with Crippen LogP contribution in [-0.4, -0.2) is 42.2 Å². The molecule has 9 nitrogen and oxygen atoms in total. The number of non-ortho nitro benzene ring substituents is 1. The van der Waals surface area contributed by atoms with E-state index in [1.807, 2.05) is 0 Å². The first-order chi connectivity index (χ1) is 11.7. The number of ether oxygens (including phenoxy) is 1. The Morgan fingerprint density at radius 3 is 2.40 bits per heavy atom. The number of sulfonamides is 1. The van der Waals surface area contributed by atoms with Crippen LogP contribution in [0.25, 0.3) is 0 Å². The van der Waals surface area contributed by atoms with Crippen molar-refractivity contribution < 1.29 is 27.7 Å². The quantitative estimate of drug-likeness (QED) is 0.422. The molecule has 2 atom stereocenters. The monoisotopic (exact) mass is 370 g/mol. The van der Waals surface area contributed by atoms with Gasteiger partial charge in [0.1, 0.15) is 6.04 Å². The molecule has 1 saturated heterocycles. The summed E-state index contributed by atoms with van der Waals surface area (Å²) >= 11 is 0. The lowest BCUT2D eigenvalue weighted by Crippen LogP contribution is -2.43. The minimum atomic E-state index is -4.33. The maximum atomic E-state index is 12.8. The van der Waals surface area contributed by atoms with E-state index >= 15 is 0 Å². The van der Waals surface area contributed by atoms with Crippen molar-refractivity contribution in [1.82, 2.24) is 4.31 Å². The smallest absolute Gasteiger partial charge is 0.330 e. The molecule has 10 heteroatoms. The number of benzene rings is 1. The molecule has 1 aliphatic heterocycles. The lowest BCUT2D eigenvalue weighted by atomic mass is 10.0. The molecule has 1 aromatic carbocycles. The van der Waals surface area contributed by atoms with Gasteiger partial charge in [0.05, 0.1) is 16.4 Å². The lowest BCUT2D eigenvalue weighted by Gasteiger charge is -2.22. The Kier molecular flexibility index (Phi) is 5.41. The van der Waals surface area contributed by atoms with E-state index < -0.39 is 38.8 Å². The van der Waals surface area contributed by atoms with Gasteiger partial charge < -0.3 is 4.74 Å². The minimum absolute atomic E-state index is 0.0559. The lowest BCUT2D eigenvalue weighted by molar-refractivity contribution is -0.384. The molecule has 0 saturated carbocycles. The normalized spacial score (nSPS) is 20.6. The summed E-state index contributed by atoms with van der Waals surface area (Å²) < 4.78 is 31.1. The number of nitro benzene ring substituents is 1. The maximum absolute atomic E-state index is 12.8. The molecule has 0 N–H and O–H groups in total. The Bertz CT molecular complexity index is 789. The molecule has 136 valence electrons. The summed E-state index contributed by atoms with van der Waals surface area (Å²) in [7, 11) is -4.33. The SMILES string of the molecule is CCOC(=O)C1CC(CC)C(=O)N1S(=O)(=O)c1ccc([N+](=O)[O-])cc1. The van der Waals surface area contributed by atoms with Crippen molar-refractivity contribution in [2.24, 2.45) is 5.92 Å². The Balaban J connectivity index is 2.44. The first-order valence-electron chi connectivity index (χ1n) is 7.73. The van der Waals surface area contributed by atoms with Crippen LogP contribution in [0.15, 0.2) is 29.2 Å². The van der Waals surface area contributed by atoms with Crippen molar-refractivity contribution in [3.63, 3.8) is 0 Å². The first kappa shape index (κ1) is 18.8. The zero-order chi connectivity index (χ0) is 18.8. The zero-order valence-corrected chi connectivity index (χ0v) is 14.6. The molecule has 0 spiro atoms. The van der Waals surface area contributed by atoms with Crippen LogP contribution in [0, 0.1) is 16.0 Å². The summed E-state index contributed by atoms with van der Waals surface area (Å²) in [5.41, 5.74) is -0.278. The van der Waals surface area contributed by atoms with Crippen LogP contribution >= 0.6 is 0 Å². The first-order valence-corrected chi connectivity index (χ1v) is 9.17. The van der Waals surface area contributed by atoms with Crippen LogP contribution < -0.4 is 0 Å². The number of amides is 1. The molecule has 1 amide bonds. The average molecular weight is 370 g/mol. The van der Waals surface area contributed by atoms with Gasteiger partial charge in [-0.25, -0.2) is 17.5 Å². The molecule has 1 heterocycles. The average Bonchev–Trinajstić information content (AvgIpc) is 2.92. The number of nitro groups is 1. The topological polar surface area (TPSA) is 124 Å². The van der Waals surface area contributed by atoms with Crippen molar-refractivity contribution in [2.45, 2.75) is 37.6 Å². The third-order valence-electron chi connectivity index (χ3n) is 4.01. The number of rotatable bonds is 6. The highest BCUT2D eigenvalue weighted by atomic mass is 32.2. The van der Waals surface area contributed by atoms with Gasteiger partial charge in [-0.15, -0.1) is 0 Å². The van der Waals surface area contributed by atoms with Crippen molar-refractivity contribution in [3.8, 4) is 0 Å². The summed E-state index contributed by atoms with van der Waals surface area (Å²) in [5.74, 6) is -2.04. The number of hydrogen-bond donors (Lipinski definition) is 0. The van der Waals surface area contributed by atoms with Crippen LogP contribution in [0.5, 0.6) is 0 Å². The van der Waals surface area contributed by atoms with Crippen LogP contribution in [0.2, 0.25) is 0 Å². The van der Waals surface area contributed by atoms with Gasteiger partial charge in [0.15, 0.2) is 0 Å². The summed E-state index contributed by atoms with van der Waals surface area (Å²) in [6, 6.07) is 2.93. The molecule has 25 heavy (non-hydrogen) atoms. The highest BCUT2D eigenvalue weighted by Crippen LogP contribution is 2.33. The molecule has 2 rings (SSSR count). The predicted molar refractivity (Wildman–Crippen MR) is 85.9 cm³/mol. The van der Waals surface area contributed by atoms with Crippen LogP contribution in [0.3, 0.4) is 0 Å². The van der Waals surface area contributed by atoms with Gasteiger partial charge in [-0.3, -0.25) is 14.9 Å². The van der Waals surface area contributed by atoms with Crippen molar-refractivity contribution in [1.29, 1.82) is 0 Å². The maximum Gasteiger partial charge on any atom is 0.330 e. The van der Waals surface area contributed by atoms with E-state index in [2.05, 4.69) is 0 Å². The fourth-order valence-electron chi connectivity index (χ4n) is 2.71. The zero-order valence-electron chi connectivity index (χ0n) is 13.7. The van der Waals surface area contributed by atoms with Crippen molar-refractivity contribution in [3.05, 3.63) is 34.4 Å². The summed E-state index contributed by atoms with van der Waals surface area (Å²) in [4.78, 5) is 34.3. The third kappa shape index (κ3) is 3.48. The van der Waals surface area contributed by atoms with E-state index in [-0.39, 0.29) is 23.6 Å². The van der Waals surface area contributed by atoms with Crippen LogP contribution in [-0.2, 0) is 24.3 Å². The number of nitrogens with zero attached hydrogens (tertiary/aromatic N) is 2. The molecule has 0 aromatic heterocycles. The molecule has 1 aliphatic rings. The van der Waals surface area contributed by atoms with Gasteiger partial charge in [-0.1, -0.05) is 6.92 Å². The van der Waals surface area contributed by atoms with Crippen molar-refractivity contribution >= 4 is 27.6 Å². The van der Waals surface area contributed by atoms with Gasteiger partial charge in [0.2, 0.25) is 5.91 Å². The van der Waals surface area contributed by atoms with E-state index in [4.69, 9.17) is 4.74 Å². The number of esters is 1. The van der Waals surface area contributed by atoms with Crippen LogP contribution in [0.1, 0.15) is 26.7 Å². The van der Waals surface area contributed by atoms with Crippen molar-refractivity contribution in [2.75, 3.05) is 6.61 Å². The Morgan fingerprint density at radius 2 is 1.92 bits per heavy atom. The highest BCUT2D eigenvalue weighted by Gasteiger charge is 2.49. The molecule has 1 aromatic rings. The van der Waals surface area contributed by atoms with Crippen LogP contribution in [0.4, 0.5) is 5.69 Å². The minimum Gasteiger partial charge on any atom is -0.464 e. The van der Waals surface area contributed by atoms with E-state index in [9.17, 15) is 28.1 Å². The van der Waals surface area contributed by atoms with E-state index in [0.717, 1.165) is 24.3 Å². The molecule has 0 aliphatic carbocycles. The molecule has 2 unspecified atom stereocenters. The standard InChI is InChI=1S/C15H18N2O7S/c1-3-10-9-13(15(19)24-4-2)16(14(10)18)25(22,23)12-7-5-11(6-8-12)17(20)21/h5-8,10,13H,3-4,9H2,1-2H3.